The summed E-state index contributed by atoms with van der Waals surface area (Å²) in [5.41, 5.74) is 3.82. The van der Waals surface area contributed by atoms with E-state index in [0.717, 1.165) is 29.1 Å². The lowest BCUT2D eigenvalue weighted by molar-refractivity contribution is -0.117. The van der Waals surface area contributed by atoms with E-state index in [0.29, 0.717) is 12.3 Å². The van der Waals surface area contributed by atoms with Crippen molar-refractivity contribution in [3.8, 4) is 0 Å². The lowest BCUT2D eigenvalue weighted by Gasteiger charge is -2.13. The molecule has 0 saturated carbocycles. The van der Waals surface area contributed by atoms with E-state index in [4.69, 9.17) is 0 Å². The summed E-state index contributed by atoms with van der Waals surface area (Å²) in [6, 6.07) is 1.99. The summed E-state index contributed by atoms with van der Waals surface area (Å²) >= 11 is 0. The fourth-order valence-corrected chi connectivity index (χ4v) is 1.86. The molecule has 1 aromatic heterocycles. The van der Waals surface area contributed by atoms with Crippen molar-refractivity contribution in [3.63, 3.8) is 0 Å². The van der Waals surface area contributed by atoms with Crippen molar-refractivity contribution in [2.45, 2.75) is 47.5 Å². The third kappa shape index (κ3) is 3.84. The zero-order valence-electron chi connectivity index (χ0n) is 11.4. The van der Waals surface area contributed by atoms with Gasteiger partial charge in [-0.3, -0.25) is 9.78 Å². The van der Waals surface area contributed by atoms with Gasteiger partial charge in [0.05, 0.1) is 11.4 Å². The molecule has 1 rings (SSSR count). The minimum absolute atomic E-state index is 0.0798. The molecule has 0 aromatic carbocycles. The number of rotatable bonds is 4. The second-order valence-corrected chi connectivity index (χ2v) is 4.81. The number of nitrogens with zero attached hydrogens (tertiary/aromatic N) is 1. The van der Waals surface area contributed by atoms with Crippen LogP contribution >= 0.6 is 0 Å². The van der Waals surface area contributed by atoms with Crippen molar-refractivity contribution in [1.29, 1.82) is 0 Å². The van der Waals surface area contributed by atoms with Crippen LogP contribution in [0, 0.1) is 26.7 Å². The lowest BCUT2D eigenvalue weighted by Crippen LogP contribution is -2.16. The number of pyridine rings is 1. The fourth-order valence-electron chi connectivity index (χ4n) is 1.86. The smallest absolute Gasteiger partial charge is 0.224 e. The van der Waals surface area contributed by atoms with E-state index in [-0.39, 0.29) is 5.91 Å². The second kappa shape index (κ2) is 5.80. The molecule has 0 bridgehead atoms. The summed E-state index contributed by atoms with van der Waals surface area (Å²) < 4.78 is 0. The topological polar surface area (TPSA) is 42.0 Å². The Labute approximate surface area is 104 Å². The summed E-state index contributed by atoms with van der Waals surface area (Å²) in [5.74, 6) is 0.505. The maximum absolute atomic E-state index is 11.8. The average Bonchev–Trinajstić information content (AvgIpc) is 2.23. The Balaban J connectivity index is 2.78. The highest BCUT2D eigenvalue weighted by molar-refractivity contribution is 5.92. The van der Waals surface area contributed by atoms with Crippen LogP contribution in [0.5, 0.6) is 0 Å². The van der Waals surface area contributed by atoms with Gasteiger partial charge in [0.15, 0.2) is 0 Å². The number of carbonyl (C=O) groups is 1. The van der Waals surface area contributed by atoms with Crippen LogP contribution in [0.25, 0.3) is 0 Å². The molecule has 94 valence electrons. The zero-order valence-corrected chi connectivity index (χ0v) is 11.4. The van der Waals surface area contributed by atoms with Crippen molar-refractivity contribution in [2.75, 3.05) is 5.32 Å². The number of aryl methyl sites for hydroxylation is 3. The first-order valence-corrected chi connectivity index (χ1v) is 6.18. The number of amides is 1. The molecule has 0 aliphatic heterocycles. The van der Waals surface area contributed by atoms with E-state index >= 15 is 0 Å². The molecule has 0 spiro atoms. The van der Waals surface area contributed by atoms with Gasteiger partial charge in [-0.2, -0.15) is 0 Å². The molecule has 0 aliphatic rings. The molecule has 3 heteroatoms. The van der Waals surface area contributed by atoms with Crippen LogP contribution in [0.3, 0.4) is 0 Å². The first-order valence-electron chi connectivity index (χ1n) is 6.18. The van der Waals surface area contributed by atoms with E-state index in [1.54, 1.807) is 0 Å². The fraction of sp³-hybridized carbons (Fsp3) is 0.571. The van der Waals surface area contributed by atoms with Gasteiger partial charge in [-0.1, -0.05) is 20.3 Å². The summed E-state index contributed by atoms with van der Waals surface area (Å²) in [6.07, 6.45) is 1.60. The highest BCUT2D eigenvalue weighted by atomic mass is 16.1. The van der Waals surface area contributed by atoms with Gasteiger partial charge in [0, 0.05) is 12.1 Å². The number of aromatic nitrogens is 1. The van der Waals surface area contributed by atoms with Gasteiger partial charge in [0.25, 0.3) is 0 Å². The van der Waals surface area contributed by atoms with Crippen LogP contribution in [-0.2, 0) is 4.79 Å². The molecule has 0 fully saturated rings. The molecule has 0 saturated heterocycles. The van der Waals surface area contributed by atoms with Crippen molar-refractivity contribution in [3.05, 3.63) is 23.0 Å². The van der Waals surface area contributed by atoms with Gasteiger partial charge in [0.2, 0.25) is 5.91 Å². The van der Waals surface area contributed by atoms with Crippen molar-refractivity contribution in [2.24, 2.45) is 5.92 Å². The normalized spacial score (nSPS) is 12.3. The summed E-state index contributed by atoms with van der Waals surface area (Å²) in [5, 5.41) is 2.97. The minimum Gasteiger partial charge on any atom is -0.324 e. The molecule has 1 atom stereocenters. The summed E-state index contributed by atoms with van der Waals surface area (Å²) in [6.45, 7) is 10.1. The Morgan fingerprint density at radius 3 is 2.59 bits per heavy atom. The van der Waals surface area contributed by atoms with Gasteiger partial charge < -0.3 is 5.32 Å². The molecule has 0 unspecified atom stereocenters. The maximum atomic E-state index is 11.8. The van der Waals surface area contributed by atoms with Gasteiger partial charge in [-0.25, -0.2) is 0 Å². The monoisotopic (exact) mass is 234 g/mol. The number of hydrogen-bond donors (Lipinski definition) is 1. The Morgan fingerprint density at radius 1 is 1.41 bits per heavy atom. The van der Waals surface area contributed by atoms with Crippen molar-refractivity contribution >= 4 is 11.6 Å². The maximum Gasteiger partial charge on any atom is 0.224 e. The highest BCUT2D eigenvalue weighted by Crippen LogP contribution is 2.20. The third-order valence-corrected chi connectivity index (χ3v) is 3.02. The van der Waals surface area contributed by atoms with E-state index < -0.39 is 0 Å². The quantitative estimate of drug-likeness (QED) is 0.867. The van der Waals surface area contributed by atoms with Gasteiger partial charge in [0.1, 0.15) is 0 Å². The molecule has 3 nitrogen and oxygen atoms in total. The van der Waals surface area contributed by atoms with Gasteiger partial charge in [-0.05, 0) is 38.3 Å². The Bertz CT molecular complexity index is 390. The third-order valence-electron chi connectivity index (χ3n) is 3.02. The number of carbonyl (C=O) groups excluding carboxylic acids is 1. The van der Waals surface area contributed by atoms with E-state index in [1.807, 2.05) is 26.8 Å². The van der Waals surface area contributed by atoms with Crippen LogP contribution in [0.15, 0.2) is 6.07 Å². The first kappa shape index (κ1) is 13.7. The molecular formula is C14H22N2O. The summed E-state index contributed by atoms with van der Waals surface area (Å²) in [4.78, 5) is 16.2. The molecule has 1 N–H and O–H groups in total. The van der Waals surface area contributed by atoms with Gasteiger partial charge in [-0.15, -0.1) is 0 Å². The molecule has 17 heavy (non-hydrogen) atoms. The van der Waals surface area contributed by atoms with Crippen LogP contribution in [0.4, 0.5) is 5.69 Å². The summed E-state index contributed by atoms with van der Waals surface area (Å²) in [7, 11) is 0. The standard InChI is InChI=1S/C14H22N2O/c1-6-9(2)7-13(17)16-14-10(3)8-11(4)15-12(14)5/h8-9H,6-7H2,1-5H3,(H,16,17)/t9-/m1/s1. The zero-order chi connectivity index (χ0) is 13.0. The van der Waals surface area contributed by atoms with Crippen molar-refractivity contribution in [1.82, 2.24) is 4.98 Å². The molecule has 1 heterocycles. The predicted octanol–water partition coefficient (Wildman–Crippen LogP) is 3.38. The van der Waals surface area contributed by atoms with E-state index in [1.165, 1.54) is 0 Å². The molecule has 0 radical (unpaired) electrons. The SMILES string of the molecule is CC[C@@H](C)CC(=O)Nc1c(C)cc(C)nc1C. The first-order chi connectivity index (χ1) is 7.93. The Kier molecular flexibility index (Phi) is 4.67. The largest absolute Gasteiger partial charge is 0.324 e. The number of anilines is 1. The average molecular weight is 234 g/mol. The van der Waals surface area contributed by atoms with Crippen LogP contribution in [0.2, 0.25) is 0 Å². The predicted molar refractivity (Wildman–Crippen MR) is 71.1 cm³/mol. The minimum atomic E-state index is 0.0798. The number of nitrogens with one attached hydrogen (secondary N) is 1. The van der Waals surface area contributed by atoms with E-state index in [9.17, 15) is 4.79 Å². The number of hydrogen-bond acceptors (Lipinski definition) is 2. The second-order valence-electron chi connectivity index (χ2n) is 4.81. The molecule has 0 aliphatic carbocycles. The van der Waals surface area contributed by atoms with Crippen LogP contribution in [0.1, 0.15) is 43.6 Å². The Hall–Kier alpha value is -1.38. The highest BCUT2D eigenvalue weighted by Gasteiger charge is 2.11. The van der Waals surface area contributed by atoms with E-state index in [2.05, 4.69) is 24.1 Å². The molecule has 1 aromatic rings. The lowest BCUT2D eigenvalue weighted by atomic mass is 10.0. The molecule has 1 amide bonds. The van der Waals surface area contributed by atoms with Crippen LogP contribution in [-0.4, -0.2) is 10.9 Å². The molecular weight excluding hydrogens is 212 g/mol. The Morgan fingerprint density at radius 2 is 2.06 bits per heavy atom. The van der Waals surface area contributed by atoms with Crippen molar-refractivity contribution < 1.29 is 4.79 Å². The van der Waals surface area contributed by atoms with Crippen LogP contribution < -0.4 is 5.32 Å². The van der Waals surface area contributed by atoms with Gasteiger partial charge >= 0.3 is 0 Å².